The molecule has 0 aromatic carbocycles. The van der Waals surface area contributed by atoms with E-state index < -0.39 is 20.5 Å². The van der Waals surface area contributed by atoms with Gasteiger partial charge >= 0.3 is 0 Å². The molecule has 16 heavy (non-hydrogen) atoms. The topological polar surface area (TPSA) is 89.3 Å². The smallest absolute Gasteiger partial charge is 0.226 e. The van der Waals surface area contributed by atoms with Gasteiger partial charge < -0.3 is 11.1 Å². The summed E-state index contributed by atoms with van der Waals surface area (Å²) in [6.45, 7) is 3.94. The minimum atomic E-state index is -2.98. The Labute approximate surface area is 96.7 Å². The maximum Gasteiger partial charge on any atom is 0.226 e. The predicted octanol–water partition coefficient (Wildman–Crippen LogP) is -0.335. The van der Waals surface area contributed by atoms with Crippen LogP contribution in [0.4, 0.5) is 0 Å². The SMILES string of the molecule is CC(C)(CN)C(=O)NCC1CCCS1(=O)=O. The van der Waals surface area contributed by atoms with Crippen molar-refractivity contribution in [3.8, 4) is 0 Å². The Morgan fingerprint density at radius 2 is 2.12 bits per heavy atom. The van der Waals surface area contributed by atoms with Gasteiger partial charge in [-0.25, -0.2) is 8.42 Å². The summed E-state index contributed by atoms with van der Waals surface area (Å²) in [5, 5.41) is 2.26. The minimum absolute atomic E-state index is 0.183. The Bertz CT molecular complexity index is 362. The second-order valence-electron chi connectivity index (χ2n) is 4.93. The molecule has 5 nitrogen and oxygen atoms in total. The summed E-state index contributed by atoms with van der Waals surface area (Å²) in [4.78, 5) is 11.7. The molecule has 0 saturated carbocycles. The van der Waals surface area contributed by atoms with Crippen molar-refractivity contribution >= 4 is 15.7 Å². The first-order valence-corrected chi connectivity index (χ1v) is 7.21. The van der Waals surface area contributed by atoms with Gasteiger partial charge in [0.15, 0.2) is 9.84 Å². The van der Waals surface area contributed by atoms with E-state index in [4.69, 9.17) is 5.73 Å². The van der Waals surface area contributed by atoms with E-state index in [1.54, 1.807) is 13.8 Å². The molecule has 1 aliphatic rings. The van der Waals surface area contributed by atoms with Crippen molar-refractivity contribution < 1.29 is 13.2 Å². The Hall–Kier alpha value is -0.620. The average molecular weight is 248 g/mol. The van der Waals surface area contributed by atoms with Crippen LogP contribution in [0.5, 0.6) is 0 Å². The van der Waals surface area contributed by atoms with Crippen LogP contribution in [0.15, 0.2) is 0 Å². The molecule has 1 aliphatic heterocycles. The van der Waals surface area contributed by atoms with Crippen molar-refractivity contribution in [1.29, 1.82) is 0 Å². The fourth-order valence-corrected chi connectivity index (χ4v) is 3.39. The third-order valence-electron chi connectivity index (χ3n) is 3.08. The number of carbonyl (C=O) groups is 1. The molecule has 0 spiro atoms. The van der Waals surface area contributed by atoms with Gasteiger partial charge in [-0.05, 0) is 26.7 Å². The zero-order chi connectivity index (χ0) is 12.4. The summed E-state index contributed by atoms with van der Waals surface area (Å²) in [7, 11) is -2.98. The highest BCUT2D eigenvalue weighted by molar-refractivity contribution is 7.92. The monoisotopic (exact) mass is 248 g/mol. The Morgan fingerprint density at radius 3 is 2.56 bits per heavy atom. The Balaban J connectivity index is 2.50. The van der Waals surface area contributed by atoms with Gasteiger partial charge in [0.1, 0.15) is 0 Å². The van der Waals surface area contributed by atoms with E-state index in [9.17, 15) is 13.2 Å². The lowest BCUT2D eigenvalue weighted by molar-refractivity contribution is -0.128. The molecule has 6 heteroatoms. The van der Waals surface area contributed by atoms with Crippen LogP contribution in [0, 0.1) is 5.41 Å². The number of carbonyl (C=O) groups excluding carboxylic acids is 1. The largest absolute Gasteiger partial charge is 0.354 e. The van der Waals surface area contributed by atoms with E-state index in [0.29, 0.717) is 12.8 Å². The quantitative estimate of drug-likeness (QED) is 0.712. The first-order valence-electron chi connectivity index (χ1n) is 5.49. The number of amides is 1. The number of rotatable bonds is 4. The fourth-order valence-electron chi connectivity index (χ4n) is 1.63. The zero-order valence-corrected chi connectivity index (χ0v) is 10.6. The summed E-state index contributed by atoms with van der Waals surface area (Å²) < 4.78 is 23.0. The molecule has 1 rings (SSSR count). The normalized spacial score (nSPS) is 24.3. The van der Waals surface area contributed by atoms with Crippen LogP contribution in [-0.2, 0) is 14.6 Å². The third-order valence-corrected chi connectivity index (χ3v) is 5.35. The average Bonchev–Trinajstić information content (AvgIpc) is 2.54. The van der Waals surface area contributed by atoms with Gasteiger partial charge in [0, 0.05) is 13.1 Å². The summed E-state index contributed by atoms with van der Waals surface area (Å²) in [6.07, 6.45) is 1.34. The molecule has 1 fully saturated rings. The van der Waals surface area contributed by atoms with Crippen LogP contribution in [0.1, 0.15) is 26.7 Å². The molecule has 0 aromatic heterocycles. The second kappa shape index (κ2) is 4.71. The lowest BCUT2D eigenvalue weighted by Gasteiger charge is -2.22. The molecule has 0 aromatic rings. The van der Waals surface area contributed by atoms with Gasteiger partial charge in [-0.15, -0.1) is 0 Å². The van der Waals surface area contributed by atoms with Gasteiger partial charge in [0.05, 0.1) is 16.4 Å². The van der Waals surface area contributed by atoms with Gasteiger partial charge in [0.25, 0.3) is 0 Å². The number of hydrogen-bond acceptors (Lipinski definition) is 4. The molecule has 1 atom stereocenters. The van der Waals surface area contributed by atoms with Crippen LogP contribution < -0.4 is 11.1 Å². The van der Waals surface area contributed by atoms with Crippen LogP contribution >= 0.6 is 0 Å². The molecule has 1 amide bonds. The fraction of sp³-hybridized carbons (Fsp3) is 0.900. The number of nitrogens with one attached hydrogen (secondary N) is 1. The molecule has 1 heterocycles. The molecule has 94 valence electrons. The maximum atomic E-state index is 11.7. The first kappa shape index (κ1) is 13.4. The van der Waals surface area contributed by atoms with E-state index in [1.165, 1.54) is 0 Å². The molecule has 1 saturated heterocycles. The van der Waals surface area contributed by atoms with Crippen molar-refractivity contribution in [2.24, 2.45) is 11.1 Å². The predicted molar refractivity (Wildman–Crippen MR) is 62.7 cm³/mol. The van der Waals surface area contributed by atoms with Crippen molar-refractivity contribution in [2.75, 3.05) is 18.8 Å². The lowest BCUT2D eigenvalue weighted by Crippen LogP contribution is -2.45. The van der Waals surface area contributed by atoms with E-state index in [-0.39, 0.29) is 24.7 Å². The highest BCUT2D eigenvalue weighted by Crippen LogP contribution is 2.20. The van der Waals surface area contributed by atoms with E-state index in [0.717, 1.165) is 0 Å². The molecule has 0 bridgehead atoms. The van der Waals surface area contributed by atoms with Gasteiger partial charge in [-0.1, -0.05) is 0 Å². The van der Waals surface area contributed by atoms with Crippen molar-refractivity contribution in [3.63, 3.8) is 0 Å². The number of sulfone groups is 1. The minimum Gasteiger partial charge on any atom is -0.354 e. The van der Waals surface area contributed by atoms with E-state index in [1.807, 2.05) is 0 Å². The van der Waals surface area contributed by atoms with E-state index in [2.05, 4.69) is 5.32 Å². The summed E-state index contributed by atoms with van der Waals surface area (Å²) in [5.41, 5.74) is 4.83. The molecule has 3 N–H and O–H groups in total. The highest BCUT2D eigenvalue weighted by Gasteiger charge is 2.33. The first-order chi connectivity index (χ1) is 7.29. The van der Waals surface area contributed by atoms with Gasteiger partial charge in [0.2, 0.25) is 5.91 Å². The Morgan fingerprint density at radius 1 is 1.50 bits per heavy atom. The Kier molecular flexibility index (Phi) is 3.96. The third kappa shape index (κ3) is 2.95. The van der Waals surface area contributed by atoms with Gasteiger partial charge in [-0.2, -0.15) is 0 Å². The van der Waals surface area contributed by atoms with Crippen LogP contribution in [0.25, 0.3) is 0 Å². The highest BCUT2D eigenvalue weighted by atomic mass is 32.2. The molecule has 1 unspecified atom stereocenters. The van der Waals surface area contributed by atoms with E-state index >= 15 is 0 Å². The van der Waals surface area contributed by atoms with Crippen LogP contribution in [-0.4, -0.2) is 38.4 Å². The summed E-state index contributed by atoms with van der Waals surface area (Å²) >= 11 is 0. The maximum absolute atomic E-state index is 11.7. The summed E-state index contributed by atoms with van der Waals surface area (Å²) in [5.74, 6) is 0.0606. The molecular formula is C10H20N2O3S. The molecule has 0 aliphatic carbocycles. The van der Waals surface area contributed by atoms with Gasteiger partial charge in [-0.3, -0.25) is 4.79 Å². The number of hydrogen-bond donors (Lipinski definition) is 2. The van der Waals surface area contributed by atoms with Crippen molar-refractivity contribution in [3.05, 3.63) is 0 Å². The van der Waals surface area contributed by atoms with Crippen LogP contribution in [0.2, 0.25) is 0 Å². The number of nitrogens with two attached hydrogens (primary N) is 1. The second-order valence-corrected chi connectivity index (χ2v) is 7.33. The zero-order valence-electron chi connectivity index (χ0n) is 9.82. The van der Waals surface area contributed by atoms with Crippen LogP contribution in [0.3, 0.4) is 0 Å². The standard InChI is InChI=1S/C10H20N2O3S/c1-10(2,7-11)9(13)12-6-8-4-3-5-16(8,14)15/h8H,3-7,11H2,1-2H3,(H,12,13). The van der Waals surface area contributed by atoms with Crippen molar-refractivity contribution in [1.82, 2.24) is 5.32 Å². The lowest BCUT2D eigenvalue weighted by atomic mass is 9.93. The molecule has 0 radical (unpaired) electrons. The van der Waals surface area contributed by atoms with Crippen molar-refractivity contribution in [2.45, 2.75) is 31.9 Å². The summed E-state index contributed by atoms with van der Waals surface area (Å²) in [6, 6.07) is 0. The molecular weight excluding hydrogens is 228 g/mol.